The van der Waals surface area contributed by atoms with Crippen LogP contribution in [0, 0.1) is 0 Å². The topological polar surface area (TPSA) is 27.8 Å². The molecule has 1 unspecified atom stereocenters. The van der Waals surface area contributed by atoms with Gasteiger partial charge in [0.2, 0.25) is 0 Å². The normalized spacial score (nSPS) is 21.2. The molecule has 0 amide bonds. The maximum Gasteiger partial charge on any atom is 0.0456 e. The third kappa shape index (κ3) is 1.77. The molecular formula is C13H16N2. The van der Waals surface area contributed by atoms with Gasteiger partial charge in [-0.2, -0.15) is 0 Å². The average molecular weight is 200 g/mol. The first-order chi connectivity index (χ1) is 7.42. The van der Waals surface area contributed by atoms with E-state index in [2.05, 4.69) is 34.6 Å². The first-order valence-corrected chi connectivity index (χ1v) is 5.71. The zero-order chi connectivity index (χ0) is 10.1. The van der Waals surface area contributed by atoms with E-state index in [0.717, 1.165) is 6.42 Å². The van der Waals surface area contributed by atoms with Gasteiger partial charge in [0.15, 0.2) is 0 Å². The van der Waals surface area contributed by atoms with E-state index in [1.165, 1.54) is 35.9 Å². The molecule has 0 aliphatic carbocycles. The van der Waals surface area contributed by atoms with E-state index in [-0.39, 0.29) is 0 Å². The fraction of sp³-hybridized carbons (Fsp3) is 0.385. The Morgan fingerprint density at radius 3 is 3.13 bits per heavy atom. The second-order valence-corrected chi connectivity index (χ2v) is 4.40. The highest BCUT2D eigenvalue weighted by Crippen LogP contribution is 2.17. The van der Waals surface area contributed by atoms with Crippen LogP contribution in [0.25, 0.3) is 10.9 Å². The molecule has 1 aliphatic heterocycles. The van der Waals surface area contributed by atoms with E-state index in [4.69, 9.17) is 0 Å². The van der Waals surface area contributed by atoms with Gasteiger partial charge in [0.1, 0.15) is 0 Å². The molecule has 1 fully saturated rings. The van der Waals surface area contributed by atoms with Gasteiger partial charge < -0.3 is 10.3 Å². The smallest absolute Gasteiger partial charge is 0.0456 e. The van der Waals surface area contributed by atoms with Gasteiger partial charge in [0, 0.05) is 17.8 Å². The van der Waals surface area contributed by atoms with Crippen LogP contribution in [0.5, 0.6) is 0 Å². The fourth-order valence-electron chi connectivity index (χ4n) is 2.44. The van der Waals surface area contributed by atoms with E-state index >= 15 is 0 Å². The summed E-state index contributed by atoms with van der Waals surface area (Å²) in [5.41, 5.74) is 2.69. The molecule has 1 aromatic heterocycles. The standard InChI is InChI=1S/C13H16N2/c1-2-12(14-6-1)8-10-3-4-11-5-7-15-13(11)9-10/h3-5,7,9,12,14-15H,1-2,6,8H2. The van der Waals surface area contributed by atoms with Crippen molar-refractivity contribution in [3.05, 3.63) is 36.0 Å². The highest BCUT2D eigenvalue weighted by atomic mass is 14.9. The minimum atomic E-state index is 0.692. The predicted molar refractivity (Wildman–Crippen MR) is 63.0 cm³/mol. The Bertz CT molecular complexity index is 452. The van der Waals surface area contributed by atoms with Crippen molar-refractivity contribution in [2.24, 2.45) is 0 Å². The summed E-state index contributed by atoms with van der Waals surface area (Å²) in [7, 11) is 0. The molecule has 2 heterocycles. The number of aromatic nitrogens is 1. The van der Waals surface area contributed by atoms with Crippen molar-refractivity contribution < 1.29 is 0 Å². The summed E-state index contributed by atoms with van der Waals surface area (Å²) in [5, 5.41) is 4.84. The molecule has 2 heteroatoms. The predicted octanol–water partition coefficient (Wildman–Crippen LogP) is 2.46. The van der Waals surface area contributed by atoms with Crippen molar-refractivity contribution in [2.45, 2.75) is 25.3 Å². The molecule has 0 radical (unpaired) electrons. The third-order valence-electron chi connectivity index (χ3n) is 3.26. The number of nitrogens with one attached hydrogen (secondary N) is 2. The van der Waals surface area contributed by atoms with Crippen molar-refractivity contribution in [1.82, 2.24) is 10.3 Å². The molecule has 2 N–H and O–H groups in total. The van der Waals surface area contributed by atoms with Gasteiger partial charge in [-0.1, -0.05) is 12.1 Å². The minimum absolute atomic E-state index is 0.692. The van der Waals surface area contributed by atoms with Crippen LogP contribution in [0.15, 0.2) is 30.5 Å². The number of hydrogen-bond donors (Lipinski definition) is 2. The van der Waals surface area contributed by atoms with Crippen LogP contribution in [-0.4, -0.2) is 17.6 Å². The number of benzene rings is 1. The van der Waals surface area contributed by atoms with Crippen LogP contribution in [0.4, 0.5) is 0 Å². The first kappa shape index (κ1) is 8.98. The molecule has 15 heavy (non-hydrogen) atoms. The van der Waals surface area contributed by atoms with Gasteiger partial charge in [-0.05, 0) is 48.9 Å². The van der Waals surface area contributed by atoms with Crippen LogP contribution in [0.1, 0.15) is 18.4 Å². The summed E-state index contributed by atoms with van der Waals surface area (Å²) < 4.78 is 0. The number of hydrogen-bond acceptors (Lipinski definition) is 1. The van der Waals surface area contributed by atoms with Crippen molar-refractivity contribution in [1.29, 1.82) is 0 Å². The summed E-state index contributed by atoms with van der Waals surface area (Å²) in [6.45, 7) is 1.19. The van der Waals surface area contributed by atoms with Crippen molar-refractivity contribution in [3.8, 4) is 0 Å². The lowest BCUT2D eigenvalue weighted by molar-refractivity contribution is 0.603. The fourth-order valence-corrected chi connectivity index (χ4v) is 2.44. The molecule has 0 bridgehead atoms. The Balaban J connectivity index is 1.84. The molecule has 3 rings (SSSR count). The minimum Gasteiger partial charge on any atom is -0.361 e. The molecule has 1 atom stereocenters. The zero-order valence-electron chi connectivity index (χ0n) is 8.79. The summed E-state index contributed by atoms with van der Waals surface area (Å²) in [6.07, 6.45) is 5.81. The molecule has 0 saturated carbocycles. The molecule has 0 spiro atoms. The Morgan fingerprint density at radius 1 is 1.27 bits per heavy atom. The second-order valence-electron chi connectivity index (χ2n) is 4.40. The third-order valence-corrected chi connectivity index (χ3v) is 3.26. The quantitative estimate of drug-likeness (QED) is 0.765. The lowest BCUT2D eigenvalue weighted by atomic mass is 10.0. The van der Waals surface area contributed by atoms with Crippen LogP contribution in [-0.2, 0) is 6.42 Å². The maximum absolute atomic E-state index is 3.54. The van der Waals surface area contributed by atoms with Gasteiger partial charge in [-0.3, -0.25) is 0 Å². The van der Waals surface area contributed by atoms with Gasteiger partial charge in [-0.25, -0.2) is 0 Å². The van der Waals surface area contributed by atoms with Crippen molar-refractivity contribution >= 4 is 10.9 Å². The maximum atomic E-state index is 3.54. The number of H-pyrrole nitrogens is 1. The lowest BCUT2D eigenvalue weighted by Gasteiger charge is -2.09. The molecule has 2 nitrogen and oxygen atoms in total. The number of rotatable bonds is 2. The van der Waals surface area contributed by atoms with E-state index in [9.17, 15) is 0 Å². The number of fused-ring (bicyclic) bond motifs is 1. The van der Waals surface area contributed by atoms with Crippen LogP contribution in [0.2, 0.25) is 0 Å². The monoisotopic (exact) mass is 200 g/mol. The van der Waals surface area contributed by atoms with E-state index in [0.29, 0.717) is 6.04 Å². The van der Waals surface area contributed by atoms with Gasteiger partial charge >= 0.3 is 0 Å². The molecular weight excluding hydrogens is 184 g/mol. The molecule has 1 aromatic carbocycles. The molecule has 78 valence electrons. The van der Waals surface area contributed by atoms with Gasteiger partial charge in [0.05, 0.1) is 0 Å². The number of aromatic amines is 1. The summed E-state index contributed by atoms with van der Waals surface area (Å²) >= 11 is 0. The van der Waals surface area contributed by atoms with Crippen molar-refractivity contribution in [2.75, 3.05) is 6.54 Å². The molecule has 1 aliphatic rings. The summed E-state index contributed by atoms with van der Waals surface area (Å²) in [4.78, 5) is 3.26. The largest absolute Gasteiger partial charge is 0.361 e. The summed E-state index contributed by atoms with van der Waals surface area (Å²) in [5.74, 6) is 0. The zero-order valence-corrected chi connectivity index (χ0v) is 8.79. The van der Waals surface area contributed by atoms with Crippen molar-refractivity contribution in [3.63, 3.8) is 0 Å². The van der Waals surface area contributed by atoms with Crippen LogP contribution >= 0.6 is 0 Å². The van der Waals surface area contributed by atoms with E-state index < -0.39 is 0 Å². The second kappa shape index (κ2) is 3.70. The van der Waals surface area contributed by atoms with Gasteiger partial charge in [-0.15, -0.1) is 0 Å². The Hall–Kier alpha value is -1.28. The first-order valence-electron chi connectivity index (χ1n) is 5.71. The SMILES string of the molecule is c1cc2ccc(CC3CCCN3)cc2[nH]1. The van der Waals surface area contributed by atoms with Crippen LogP contribution in [0.3, 0.4) is 0 Å². The average Bonchev–Trinajstić information content (AvgIpc) is 2.87. The Kier molecular flexibility index (Phi) is 2.22. The summed E-state index contributed by atoms with van der Waals surface area (Å²) in [6, 6.07) is 9.53. The molecule has 1 saturated heterocycles. The highest BCUT2D eigenvalue weighted by molar-refractivity contribution is 5.79. The highest BCUT2D eigenvalue weighted by Gasteiger charge is 2.14. The van der Waals surface area contributed by atoms with Crippen LogP contribution < -0.4 is 5.32 Å². The Morgan fingerprint density at radius 2 is 2.27 bits per heavy atom. The lowest BCUT2D eigenvalue weighted by Crippen LogP contribution is -2.23. The van der Waals surface area contributed by atoms with E-state index in [1.54, 1.807) is 0 Å². The van der Waals surface area contributed by atoms with Gasteiger partial charge in [0.25, 0.3) is 0 Å². The Labute approximate surface area is 89.7 Å². The molecule has 2 aromatic rings. The van der Waals surface area contributed by atoms with E-state index in [1.807, 2.05) is 6.20 Å².